The Morgan fingerprint density at radius 2 is 1.48 bits per heavy atom. The lowest BCUT2D eigenvalue weighted by Crippen LogP contribution is -2.25. The molecule has 5 heteroatoms. The molecule has 0 aliphatic carbocycles. The van der Waals surface area contributed by atoms with Crippen molar-refractivity contribution in [2.24, 2.45) is 5.41 Å². The van der Waals surface area contributed by atoms with Crippen molar-refractivity contribution in [1.29, 1.82) is 0 Å². The van der Waals surface area contributed by atoms with Crippen molar-refractivity contribution in [2.45, 2.75) is 27.7 Å². The molecule has 0 spiro atoms. The third kappa shape index (κ3) is 5.02. The van der Waals surface area contributed by atoms with Gasteiger partial charge in [-0.1, -0.05) is 12.1 Å². The van der Waals surface area contributed by atoms with Gasteiger partial charge in [0.15, 0.2) is 12.4 Å². The zero-order chi connectivity index (χ0) is 16.0. The van der Waals surface area contributed by atoms with E-state index in [9.17, 15) is 14.4 Å². The van der Waals surface area contributed by atoms with E-state index >= 15 is 0 Å². The van der Waals surface area contributed by atoms with E-state index in [4.69, 9.17) is 9.47 Å². The summed E-state index contributed by atoms with van der Waals surface area (Å²) in [5, 5.41) is 0. The average molecular weight is 292 g/mol. The molecule has 0 aliphatic rings. The Hall–Kier alpha value is -2.17. The van der Waals surface area contributed by atoms with Crippen LogP contribution in [0.3, 0.4) is 0 Å². The molecule has 1 aromatic rings. The second kappa shape index (κ2) is 7.02. The zero-order valence-corrected chi connectivity index (χ0v) is 12.8. The quantitative estimate of drug-likeness (QED) is 0.616. The number of Topliss-reactive ketones (excluding diaryl/α,β-unsaturated/α-hetero) is 1. The second-order valence-corrected chi connectivity index (χ2v) is 5.55. The van der Waals surface area contributed by atoms with Gasteiger partial charge in [-0.15, -0.1) is 0 Å². The predicted octanol–water partition coefficient (Wildman–Crippen LogP) is 2.64. The average Bonchev–Trinajstić information content (AvgIpc) is 2.43. The van der Waals surface area contributed by atoms with Crippen molar-refractivity contribution in [2.75, 3.05) is 13.2 Å². The third-order valence-electron chi connectivity index (χ3n) is 2.66. The van der Waals surface area contributed by atoms with Crippen LogP contribution in [0.2, 0.25) is 0 Å². The predicted molar refractivity (Wildman–Crippen MR) is 77.1 cm³/mol. The lowest BCUT2D eigenvalue weighted by molar-refractivity contribution is -0.151. The molecule has 0 fully saturated rings. The van der Waals surface area contributed by atoms with Crippen LogP contribution in [0.25, 0.3) is 0 Å². The van der Waals surface area contributed by atoms with E-state index in [0.717, 1.165) is 0 Å². The number of carbonyl (C=O) groups excluding carboxylic acids is 3. The molecule has 0 atom stereocenters. The molecule has 0 aliphatic heterocycles. The van der Waals surface area contributed by atoms with Crippen LogP contribution < -0.4 is 0 Å². The third-order valence-corrected chi connectivity index (χ3v) is 2.66. The van der Waals surface area contributed by atoms with Crippen LogP contribution in [0.4, 0.5) is 0 Å². The molecule has 0 saturated carbocycles. The molecule has 0 N–H and O–H groups in total. The highest BCUT2D eigenvalue weighted by Gasteiger charge is 2.24. The molecule has 0 bridgehead atoms. The van der Waals surface area contributed by atoms with Gasteiger partial charge in [0.2, 0.25) is 0 Å². The van der Waals surface area contributed by atoms with E-state index in [1.807, 2.05) is 0 Å². The molecular weight excluding hydrogens is 272 g/mol. The standard InChI is InChI=1S/C16H20O5/c1-5-20-14(18)12-8-6-11(7-9-12)13(17)10-21-15(19)16(2,3)4/h6-9H,5,10H2,1-4H3. The smallest absolute Gasteiger partial charge is 0.338 e. The fraction of sp³-hybridized carbons (Fsp3) is 0.438. The van der Waals surface area contributed by atoms with Crippen molar-refractivity contribution in [3.05, 3.63) is 35.4 Å². The summed E-state index contributed by atoms with van der Waals surface area (Å²) in [4.78, 5) is 34.9. The van der Waals surface area contributed by atoms with Crippen molar-refractivity contribution in [3.8, 4) is 0 Å². The largest absolute Gasteiger partial charge is 0.462 e. The Bertz CT molecular complexity index is 523. The van der Waals surface area contributed by atoms with E-state index in [2.05, 4.69) is 0 Å². The van der Waals surface area contributed by atoms with Crippen molar-refractivity contribution < 1.29 is 23.9 Å². The lowest BCUT2D eigenvalue weighted by Gasteiger charge is -2.16. The molecule has 0 amide bonds. The number of ketones is 1. The summed E-state index contributed by atoms with van der Waals surface area (Å²) in [5.74, 6) is -1.18. The number of esters is 2. The van der Waals surface area contributed by atoms with Crippen LogP contribution in [0.5, 0.6) is 0 Å². The monoisotopic (exact) mass is 292 g/mol. The highest BCUT2D eigenvalue weighted by atomic mass is 16.5. The molecule has 0 unspecified atom stereocenters. The Morgan fingerprint density at radius 1 is 0.952 bits per heavy atom. The molecular formula is C16H20O5. The number of rotatable bonds is 5. The number of ether oxygens (including phenoxy) is 2. The summed E-state index contributed by atoms with van der Waals surface area (Å²) in [5.41, 5.74) is 0.110. The minimum absolute atomic E-state index is 0.294. The van der Waals surface area contributed by atoms with E-state index in [1.54, 1.807) is 27.7 Å². The van der Waals surface area contributed by atoms with Gasteiger partial charge in [0.25, 0.3) is 0 Å². The molecule has 5 nitrogen and oxygen atoms in total. The van der Waals surface area contributed by atoms with Crippen molar-refractivity contribution in [3.63, 3.8) is 0 Å². The fourth-order valence-corrected chi connectivity index (χ4v) is 1.44. The Balaban J connectivity index is 2.64. The van der Waals surface area contributed by atoms with Crippen LogP contribution in [0, 0.1) is 5.41 Å². The fourth-order valence-electron chi connectivity index (χ4n) is 1.44. The summed E-state index contributed by atoms with van der Waals surface area (Å²) in [6, 6.07) is 6.05. The summed E-state index contributed by atoms with van der Waals surface area (Å²) >= 11 is 0. The number of hydrogen-bond acceptors (Lipinski definition) is 5. The van der Waals surface area contributed by atoms with E-state index in [-0.39, 0.29) is 12.4 Å². The van der Waals surface area contributed by atoms with Gasteiger partial charge in [0.1, 0.15) is 0 Å². The summed E-state index contributed by atoms with van der Waals surface area (Å²) in [6.07, 6.45) is 0. The normalized spacial score (nSPS) is 10.9. The summed E-state index contributed by atoms with van der Waals surface area (Å²) in [7, 11) is 0. The molecule has 114 valence electrons. The van der Waals surface area contributed by atoms with Crippen LogP contribution in [0.1, 0.15) is 48.4 Å². The first-order chi connectivity index (χ1) is 9.75. The zero-order valence-electron chi connectivity index (χ0n) is 12.8. The molecule has 0 radical (unpaired) electrons. The van der Waals surface area contributed by atoms with Crippen LogP contribution in [0.15, 0.2) is 24.3 Å². The van der Waals surface area contributed by atoms with Crippen LogP contribution in [-0.4, -0.2) is 30.9 Å². The Morgan fingerprint density at radius 3 is 1.95 bits per heavy atom. The van der Waals surface area contributed by atoms with E-state index in [1.165, 1.54) is 24.3 Å². The summed E-state index contributed by atoms with van der Waals surface area (Å²) in [6.45, 7) is 6.85. The highest BCUT2D eigenvalue weighted by molar-refractivity contribution is 5.99. The molecule has 0 aromatic heterocycles. The van der Waals surface area contributed by atoms with Gasteiger partial charge in [-0.25, -0.2) is 4.79 Å². The highest BCUT2D eigenvalue weighted by Crippen LogP contribution is 2.15. The minimum Gasteiger partial charge on any atom is -0.462 e. The summed E-state index contributed by atoms with van der Waals surface area (Å²) < 4.78 is 9.81. The molecule has 0 heterocycles. The minimum atomic E-state index is -0.645. The molecule has 0 saturated heterocycles. The van der Waals surface area contributed by atoms with Gasteiger partial charge in [-0.2, -0.15) is 0 Å². The van der Waals surface area contributed by atoms with E-state index < -0.39 is 17.4 Å². The van der Waals surface area contributed by atoms with Crippen LogP contribution in [-0.2, 0) is 14.3 Å². The maximum Gasteiger partial charge on any atom is 0.338 e. The number of benzene rings is 1. The maximum atomic E-state index is 11.9. The van der Waals surface area contributed by atoms with E-state index in [0.29, 0.717) is 17.7 Å². The first-order valence-corrected chi connectivity index (χ1v) is 6.73. The Labute approximate surface area is 124 Å². The maximum absolute atomic E-state index is 11.9. The van der Waals surface area contributed by atoms with Gasteiger partial charge >= 0.3 is 11.9 Å². The topological polar surface area (TPSA) is 69.7 Å². The molecule has 1 rings (SSSR count). The molecule has 21 heavy (non-hydrogen) atoms. The second-order valence-electron chi connectivity index (χ2n) is 5.55. The lowest BCUT2D eigenvalue weighted by atomic mass is 9.97. The first-order valence-electron chi connectivity index (χ1n) is 6.73. The van der Waals surface area contributed by atoms with Crippen molar-refractivity contribution in [1.82, 2.24) is 0 Å². The van der Waals surface area contributed by atoms with Gasteiger partial charge in [-0.3, -0.25) is 9.59 Å². The Kier molecular flexibility index (Phi) is 5.64. The first kappa shape index (κ1) is 16.9. The number of hydrogen-bond donors (Lipinski definition) is 0. The van der Waals surface area contributed by atoms with Gasteiger partial charge < -0.3 is 9.47 Å². The SMILES string of the molecule is CCOC(=O)c1ccc(C(=O)COC(=O)C(C)(C)C)cc1. The molecule has 1 aromatic carbocycles. The van der Waals surface area contributed by atoms with Gasteiger partial charge in [-0.05, 0) is 39.8 Å². The van der Waals surface area contributed by atoms with Gasteiger partial charge in [0.05, 0.1) is 17.6 Å². The van der Waals surface area contributed by atoms with Crippen LogP contribution >= 0.6 is 0 Å². The van der Waals surface area contributed by atoms with Crippen molar-refractivity contribution >= 4 is 17.7 Å². The number of carbonyl (C=O) groups is 3. The van der Waals surface area contributed by atoms with Gasteiger partial charge in [0, 0.05) is 5.56 Å².